The molecule has 8 nitrogen and oxygen atoms in total. The number of likely N-dealkylation sites (tertiary alicyclic amines) is 1. The van der Waals surface area contributed by atoms with Gasteiger partial charge in [-0.3, -0.25) is 0 Å². The second-order valence-corrected chi connectivity index (χ2v) is 14.9. The number of anilines is 1. The number of phenolic OH excluding ortho intramolecular Hbond substituents is 1. The lowest BCUT2D eigenvalue weighted by Gasteiger charge is -2.34. The number of nitrogens with zero attached hydrogens (tertiary/aromatic N) is 4. The summed E-state index contributed by atoms with van der Waals surface area (Å²) in [7, 11) is 0. The number of rotatable bonds is 7. The van der Waals surface area contributed by atoms with Crippen LogP contribution < -0.4 is 15.0 Å². The van der Waals surface area contributed by atoms with Crippen LogP contribution in [0.2, 0.25) is 0 Å². The minimum atomic E-state index is -1.27. The summed E-state index contributed by atoms with van der Waals surface area (Å²) in [4.78, 5) is 13.7. The predicted molar refractivity (Wildman–Crippen MR) is 172 cm³/mol. The van der Waals surface area contributed by atoms with Crippen LogP contribution in [0, 0.1) is 40.5 Å². The zero-order valence-electron chi connectivity index (χ0n) is 26.4. The van der Waals surface area contributed by atoms with Gasteiger partial charge in [0.05, 0.1) is 18.3 Å². The predicted octanol–water partition coefficient (Wildman–Crippen LogP) is 5.51. The van der Waals surface area contributed by atoms with Gasteiger partial charge >= 0.3 is 6.01 Å². The minimum Gasteiger partial charge on any atom is -0.508 e. The Kier molecular flexibility index (Phi) is 7.04. The van der Waals surface area contributed by atoms with E-state index in [1.807, 2.05) is 4.90 Å². The fraction of sp³-hybridized carbons (Fsp3) is 0.500. The zero-order chi connectivity index (χ0) is 32.9. The van der Waals surface area contributed by atoms with E-state index in [1.54, 1.807) is 0 Å². The van der Waals surface area contributed by atoms with Crippen LogP contribution >= 0.6 is 0 Å². The van der Waals surface area contributed by atoms with Gasteiger partial charge in [-0.15, -0.1) is 0 Å². The molecule has 2 aliphatic carbocycles. The van der Waals surface area contributed by atoms with Gasteiger partial charge in [-0.25, -0.2) is 17.6 Å². The molecule has 5 aliphatic rings. The number of piperazine rings is 1. The number of halogens is 4. The van der Waals surface area contributed by atoms with Crippen LogP contribution in [-0.2, 0) is 0 Å². The molecule has 2 bridgehead atoms. The molecular formula is C36H37F4N5O3. The van der Waals surface area contributed by atoms with Crippen LogP contribution in [-0.4, -0.2) is 82.6 Å². The van der Waals surface area contributed by atoms with Crippen LogP contribution in [0.1, 0.15) is 38.5 Å². The maximum Gasteiger partial charge on any atom is 0.319 e. The first-order chi connectivity index (χ1) is 23.1. The number of aromatic hydroxyl groups is 1. The summed E-state index contributed by atoms with van der Waals surface area (Å²) < 4.78 is 68.7. The van der Waals surface area contributed by atoms with E-state index in [-0.39, 0.29) is 62.6 Å². The molecule has 1 aromatic heterocycles. The highest BCUT2D eigenvalue weighted by molar-refractivity contribution is 6.02. The molecule has 2 saturated carbocycles. The topological polar surface area (TPSA) is 94.0 Å². The molecule has 4 atom stereocenters. The fourth-order valence-electron chi connectivity index (χ4n) is 8.97. The van der Waals surface area contributed by atoms with Crippen molar-refractivity contribution in [3.8, 4) is 22.9 Å². The van der Waals surface area contributed by atoms with E-state index in [4.69, 9.17) is 9.72 Å². The third-order valence-corrected chi connectivity index (χ3v) is 11.4. The van der Waals surface area contributed by atoms with Crippen molar-refractivity contribution < 1.29 is 32.5 Å². The van der Waals surface area contributed by atoms with Crippen LogP contribution in [0.3, 0.4) is 0 Å². The van der Waals surface area contributed by atoms with Gasteiger partial charge in [0.1, 0.15) is 22.9 Å². The molecule has 48 heavy (non-hydrogen) atoms. The highest BCUT2D eigenvalue weighted by Crippen LogP contribution is 2.49. The quantitative estimate of drug-likeness (QED) is 0.223. The molecule has 0 amide bonds. The number of aliphatic hydroxyl groups excluding tert-OH is 1. The maximum absolute atomic E-state index is 16.8. The second-order valence-electron chi connectivity index (χ2n) is 14.9. The number of hydrogen-bond acceptors (Lipinski definition) is 8. The fourth-order valence-corrected chi connectivity index (χ4v) is 8.97. The van der Waals surface area contributed by atoms with E-state index in [0.717, 1.165) is 76.4 Å². The molecule has 12 heteroatoms. The van der Waals surface area contributed by atoms with E-state index in [0.29, 0.717) is 37.4 Å². The Hall–Kier alpha value is -3.74. The lowest BCUT2D eigenvalue weighted by Crippen LogP contribution is -2.51. The summed E-state index contributed by atoms with van der Waals surface area (Å²) in [5, 5.41) is 24.0. The van der Waals surface area contributed by atoms with Crippen molar-refractivity contribution in [2.75, 3.05) is 44.2 Å². The molecule has 3 N–H and O–H groups in total. The van der Waals surface area contributed by atoms with Crippen molar-refractivity contribution in [1.29, 1.82) is 0 Å². The van der Waals surface area contributed by atoms with Crippen LogP contribution in [0.15, 0.2) is 30.3 Å². The molecule has 3 aliphatic heterocycles. The van der Waals surface area contributed by atoms with Gasteiger partial charge in [-0.2, -0.15) is 9.97 Å². The van der Waals surface area contributed by atoms with Crippen molar-refractivity contribution >= 4 is 27.5 Å². The number of phenols is 1. The van der Waals surface area contributed by atoms with Gasteiger partial charge in [0.25, 0.3) is 0 Å². The molecule has 4 unspecified atom stereocenters. The van der Waals surface area contributed by atoms with Crippen LogP contribution in [0.25, 0.3) is 32.8 Å². The molecule has 9 rings (SSSR count). The molecule has 3 saturated heterocycles. The summed E-state index contributed by atoms with van der Waals surface area (Å²) in [6.07, 6.45) is 5.49. The van der Waals surface area contributed by atoms with Crippen LogP contribution in [0.4, 0.5) is 23.4 Å². The Labute approximate surface area is 274 Å². The summed E-state index contributed by atoms with van der Waals surface area (Å²) in [5.41, 5.74) is -1.20. The summed E-state index contributed by atoms with van der Waals surface area (Å²) in [5.74, 6) is -3.44. The molecule has 3 aromatic carbocycles. The van der Waals surface area contributed by atoms with Gasteiger partial charge in [0.2, 0.25) is 0 Å². The SMILES string of the molecule is Oc1cc(-c2c(F)cc3c(N4CC5CCC(C4)N5)nc(OCC4(CN5CC6CC(O)CC6C5)CC4)nc3c2F)c2c(F)c(F)ccc2c1. The van der Waals surface area contributed by atoms with Crippen molar-refractivity contribution in [3.05, 3.63) is 53.6 Å². The minimum absolute atomic E-state index is 0.0227. The standard InChI is InChI=1S/C36H37F4N5O3/c37-27-4-1-18-7-24(47)10-25(29(18)31(27)39)30-28(38)11-26-33(32(30)40)42-35(43-34(26)45-14-21-2-3-22(15-45)41-21)48-17-36(5-6-36)16-44-12-19-8-23(46)9-20(19)13-44/h1,4,7,10-11,19-23,41,46-47H,2-3,5-6,8-9,12-17H2. The molecule has 0 spiro atoms. The van der Waals surface area contributed by atoms with Gasteiger partial charge in [0, 0.05) is 66.6 Å². The van der Waals surface area contributed by atoms with E-state index < -0.39 is 28.8 Å². The second kappa shape index (κ2) is 11.1. The van der Waals surface area contributed by atoms with Gasteiger partial charge in [0.15, 0.2) is 17.5 Å². The first-order valence-electron chi connectivity index (χ1n) is 17.0. The number of aliphatic hydroxyl groups is 1. The molecule has 0 radical (unpaired) electrons. The average Bonchev–Trinajstić information content (AvgIpc) is 3.41. The van der Waals surface area contributed by atoms with E-state index >= 15 is 13.2 Å². The number of ether oxygens (including phenoxy) is 1. The van der Waals surface area contributed by atoms with E-state index in [9.17, 15) is 14.6 Å². The summed E-state index contributed by atoms with van der Waals surface area (Å²) in [6.45, 7) is 4.36. The molecular weight excluding hydrogens is 626 g/mol. The Balaban J connectivity index is 1.10. The van der Waals surface area contributed by atoms with Crippen LogP contribution in [0.5, 0.6) is 11.8 Å². The van der Waals surface area contributed by atoms with Crippen molar-refractivity contribution in [2.45, 2.75) is 56.7 Å². The number of hydrogen-bond donors (Lipinski definition) is 3. The Bertz CT molecular complexity index is 1930. The van der Waals surface area contributed by atoms with E-state index in [2.05, 4.69) is 15.2 Å². The lowest BCUT2D eigenvalue weighted by molar-refractivity contribution is 0.142. The maximum atomic E-state index is 16.8. The Morgan fingerprint density at radius 3 is 2.33 bits per heavy atom. The largest absolute Gasteiger partial charge is 0.508 e. The van der Waals surface area contributed by atoms with Crippen molar-refractivity contribution in [2.24, 2.45) is 17.3 Å². The number of benzene rings is 3. The highest BCUT2D eigenvalue weighted by Gasteiger charge is 2.48. The molecule has 4 heterocycles. The van der Waals surface area contributed by atoms with Gasteiger partial charge in [-0.1, -0.05) is 6.07 Å². The summed E-state index contributed by atoms with van der Waals surface area (Å²) in [6, 6.07) is 5.98. The third kappa shape index (κ3) is 5.14. The highest BCUT2D eigenvalue weighted by atomic mass is 19.2. The average molecular weight is 664 g/mol. The number of nitrogens with one attached hydrogen (secondary N) is 1. The smallest absolute Gasteiger partial charge is 0.319 e. The molecule has 4 aromatic rings. The summed E-state index contributed by atoms with van der Waals surface area (Å²) >= 11 is 0. The Morgan fingerprint density at radius 2 is 1.62 bits per heavy atom. The van der Waals surface area contributed by atoms with Gasteiger partial charge in [-0.05, 0) is 80.0 Å². The first-order valence-corrected chi connectivity index (χ1v) is 17.0. The lowest BCUT2D eigenvalue weighted by atomic mass is 9.95. The Morgan fingerprint density at radius 1 is 0.896 bits per heavy atom. The van der Waals surface area contributed by atoms with E-state index in [1.165, 1.54) is 12.1 Å². The normalized spacial score (nSPS) is 27.7. The number of fused-ring (bicyclic) bond motifs is 5. The zero-order valence-corrected chi connectivity index (χ0v) is 26.4. The third-order valence-electron chi connectivity index (χ3n) is 11.4. The van der Waals surface area contributed by atoms with Gasteiger partial charge < -0.3 is 30.1 Å². The van der Waals surface area contributed by atoms with Crippen molar-refractivity contribution in [3.63, 3.8) is 0 Å². The molecule has 252 valence electrons. The monoisotopic (exact) mass is 663 g/mol. The van der Waals surface area contributed by atoms with Crippen molar-refractivity contribution in [1.82, 2.24) is 20.2 Å². The molecule has 5 fully saturated rings. The number of aromatic nitrogens is 2. The first kappa shape index (κ1) is 30.3.